The summed E-state index contributed by atoms with van der Waals surface area (Å²) in [5.41, 5.74) is 1.44. The third-order valence-corrected chi connectivity index (χ3v) is 5.32. The number of ether oxygens (including phenoxy) is 2. The van der Waals surface area contributed by atoms with Crippen LogP contribution in [0.5, 0.6) is 0 Å². The van der Waals surface area contributed by atoms with E-state index in [4.69, 9.17) is 9.47 Å². The van der Waals surface area contributed by atoms with Gasteiger partial charge in [0.1, 0.15) is 5.00 Å². The molecule has 1 atom stereocenters. The van der Waals surface area contributed by atoms with E-state index in [-0.39, 0.29) is 37.9 Å². The van der Waals surface area contributed by atoms with Crippen LogP contribution in [0.1, 0.15) is 60.3 Å². The summed E-state index contributed by atoms with van der Waals surface area (Å²) >= 11 is 1.34. The molecule has 0 aliphatic heterocycles. The Kier molecular flexibility index (Phi) is 8.19. The number of thiophene rings is 1. The number of amides is 1. The normalized spacial score (nSPS) is 11.5. The maximum atomic E-state index is 12.3. The van der Waals surface area contributed by atoms with Gasteiger partial charge in [-0.2, -0.15) is 0 Å². The molecule has 1 amide bonds. The Morgan fingerprint density at radius 3 is 2.36 bits per heavy atom. The monoisotopic (exact) mass is 403 g/mol. The minimum atomic E-state index is -0.481. The van der Waals surface area contributed by atoms with Crippen molar-refractivity contribution in [3.63, 3.8) is 0 Å². The molecular formula is C21H25NO5S. The van der Waals surface area contributed by atoms with E-state index in [0.717, 1.165) is 10.4 Å². The SMILES string of the molecule is CCOC(=O)CCC(=O)Nc1sc([C@H](C)c2ccccc2)cc1C(=O)OCC. The number of carbonyl (C=O) groups excluding carboxylic acids is 3. The first kappa shape index (κ1) is 21.6. The van der Waals surface area contributed by atoms with Crippen LogP contribution in [-0.2, 0) is 19.1 Å². The van der Waals surface area contributed by atoms with Crippen molar-refractivity contribution in [3.8, 4) is 0 Å². The molecule has 150 valence electrons. The fourth-order valence-electron chi connectivity index (χ4n) is 2.62. The van der Waals surface area contributed by atoms with Crippen molar-refractivity contribution in [2.24, 2.45) is 0 Å². The fourth-order valence-corrected chi connectivity index (χ4v) is 3.76. The lowest BCUT2D eigenvalue weighted by molar-refractivity contribution is -0.144. The molecule has 2 rings (SSSR count). The van der Waals surface area contributed by atoms with Crippen LogP contribution in [0.25, 0.3) is 0 Å². The predicted octanol–water partition coefficient (Wildman–Crippen LogP) is 4.36. The summed E-state index contributed by atoms with van der Waals surface area (Å²) in [5.74, 6) is -1.19. The highest BCUT2D eigenvalue weighted by molar-refractivity contribution is 7.16. The van der Waals surface area contributed by atoms with E-state index in [1.54, 1.807) is 19.9 Å². The van der Waals surface area contributed by atoms with Crippen LogP contribution in [-0.4, -0.2) is 31.1 Å². The number of rotatable bonds is 9. The largest absolute Gasteiger partial charge is 0.466 e. The van der Waals surface area contributed by atoms with Gasteiger partial charge in [0.15, 0.2) is 0 Å². The summed E-state index contributed by atoms with van der Waals surface area (Å²) in [6, 6.07) is 11.7. The third-order valence-electron chi connectivity index (χ3n) is 4.09. The third kappa shape index (κ3) is 5.92. The van der Waals surface area contributed by atoms with Gasteiger partial charge in [0.05, 0.1) is 25.2 Å². The molecule has 6 nitrogen and oxygen atoms in total. The van der Waals surface area contributed by atoms with Gasteiger partial charge in [0.25, 0.3) is 0 Å². The van der Waals surface area contributed by atoms with E-state index in [9.17, 15) is 14.4 Å². The predicted molar refractivity (Wildman–Crippen MR) is 109 cm³/mol. The molecule has 0 bridgehead atoms. The highest BCUT2D eigenvalue weighted by Crippen LogP contribution is 2.36. The number of nitrogens with one attached hydrogen (secondary N) is 1. The number of hydrogen-bond acceptors (Lipinski definition) is 6. The van der Waals surface area contributed by atoms with Crippen molar-refractivity contribution >= 4 is 34.2 Å². The van der Waals surface area contributed by atoms with Gasteiger partial charge < -0.3 is 14.8 Å². The van der Waals surface area contributed by atoms with Crippen LogP contribution in [0.2, 0.25) is 0 Å². The second-order valence-electron chi connectivity index (χ2n) is 6.10. The summed E-state index contributed by atoms with van der Waals surface area (Å²) in [6.45, 7) is 6.01. The molecule has 1 aromatic heterocycles. The molecule has 0 spiro atoms. The molecule has 0 saturated carbocycles. The van der Waals surface area contributed by atoms with Gasteiger partial charge in [-0.25, -0.2) is 4.79 Å². The number of carbonyl (C=O) groups is 3. The second-order valence-corrected chi connectivity index (χ2v) is 7.18. The van der Waals surface area contributed by atoms with E-state index < -0.39 is 11.9 Å². The summed E-state index contributed by atoms with van der Waals surface area (Å²) in [4.78, 5) is 36.9. The molecule has 0 aliphatic rings. The molecule has 7 heteroatoms. The Labute approximate surface area is 168 Å². The molecule has 2 aromatic rings. The molecule has 0 fully saturated rings. The lowest BCUT2D eigenvalue weighted by atomic mass is 9.99. The molecule has 0 aliphatic carbocycles. The first-order valence-corrected chi connectivity index (χ1v) is 10.1. The van der Waals surface area contributed by atoms with E-state index in [1.807, 2.05) is 37.3 Å². The second kappa shape index (κ2) is 10.6. The van der Waals surface area contributed by atoms with E-state index in [2.05, 4.69) is 5.32 Å². The number of hydrogen-bond donors (Lipinski definition) is 1. The Morgan fingerprint density at radius 2 is 1.71 bits per heavy atom. The molecule has 1 aromatic carbocycles. The van der Waals surface area contributed by atoms with Crippen molar-refractivity contribution in [3.05, 3.63) is 52.4 Å². The van der Waals surface area contributed by atoms with Crippen molar-refractivity contribution in [1.29, 1.82) is 0 Å². The molecule has 1 N–H and O–H groups in total. The first-order valence-electron chi connectivity index (χ1n) is 9.27. The van der Waals surface area contributed by atoms with Gasteiger partial charge in [0.2, 0.25) is 5.91 Å². The summed E-state index contributed by atoms with van der Waals surface area (Å²) < 4.78 is 9.95. The summed E-state index contributed by atoms with van der Waals surface area (Å²) in [7, 11) is 0. The Bertz CT molecular complexity index is 815. The average molecular weight is 404 g/mol. The van der Waals surface area contributed by atoms with Gasteiger partial charge in [0, 0.05) is 17.2 Å². The zero-order chi connectivity index (χ0) is 20.5. The zero-order valence-corrected chi connectivity index (χ0v) is 17.1. The van der Waals surface area contributed by atoms with Gasteiger partial charge in [-0.05, 0) is 25.5 Å². The standard InChI is InChI=1S/C21H25NO5S/c1-4-26-19(24)12-11-18(23)22-20-16(21(25)27-5-2)13-17(28-20)14(3)15-9-7-6-8-10-15/h6-10,13-14H,4-5,11-12H2,1-3H3,(H,22,23)/t14-/m1/s1. The average Bonchev–Trinajstić information content (AvgIpc) is 3.10. The molecule has 0 unspecified atom stereocenters. The molecule has 0 saturated heterocycles. The number of anilines is 1. The smallest absolute Gasteiger partial charge is 0.341 e. The fraction of sp³-hybridized carbons (Fsp3) is 0.381. The Hall–Kier alpha value is -2.67. The van der Waals surface area contributed by atoms with Gasteiger partial charge >= 0.3 is 11.9 Å². The zero-order valence-electron chi connectivity index (χ0n) is 16.3. The molecule has 1 heterocycles. The molecular weight excluding hydrogens is 378 g/mol. The minimum absolute atomic E-state index is 0.00688. The van der Waals surface area contributed by atoms with Gasteiger partial charge in [-0.15, -0.1) is 11.3 Å². The maximum Gasteiger partial charge on any atom is 0.341 e. The van der Waals surface area contributed by atoms with Crippen LogP contribution >= 0.6 is 11.3 Å². The van der Waals surface area contributed by atoms with Gasteiger partial charge in [-0.3, -0.25) is 9.59 Å². The summed E-state index contributed by atoms with van der Waals surface area (Å²) in [6.07, 6.45) is -0.0182. The van der Waals surface area contributed by atoms with Crippen LogP contribution in [0.4, 0.5) is 5.00 Å². The number of esters is 2. The van der Waals surface area contributed by atoms with E-state index >= 15 is 0 Å². The van der Waals surface area contributed by atoms with Crippen molar-refractivity contribution in [2.45, 2.75) is 39.5 Å². The quantitative estimate of drug-likeness (QED) is 0.629. The highest BCUT2D eigenvalue weighted by atomic mass is 32.1. The van der Waals surface area contributed by atoms with Crippen molar-refractivity contribution in [2.75, 3.05) is 18.5 Å². The van der Waals surface area contributed by atoms with Crippen LogP contribution in [0.3, 0.4) is 0 Å². The lowest BCUT2D eigenvalue weighted by Crippen LogP contribution is -2.16. The summed E-state index contributed by atoms with van der Waals surface area (Å²) in [5, 5.41) is 3.18. The van der Waals surface area contributed by atoms with E-state index in [0.29, 0.717) is 10.6 Å². The Balaban J connectivity index is 2.19. The van der Waals surface area contributed by atoms with E-state index in [1.165, 1.54) is 11.3 Å². The first-order chi connectivity index (χ1) is 13.5. The Morgan fingerprint density at radius 1 is 1.04 bits per heavy atom. The topological polar surface area (TPSA) is 81.7 Å². The highest BCUT2D eigenvalue weighted by Gasteiger charge is 2.22. The van der Waals surface area contributed by atoms with Crippen LogP contribution in [0, 0.1) is 0 Å². The van der Waals surface area contributed by atoms with Gasteiger partial charge in [-0.1, -0.05) is 37.3 Å². The molecule has 0 radical (unpaired) electrons. The van der Waals surface area contributed by atoms with Crippen LogP contribution in [0.15, 0.2) is 36.4 Å². The van der Waals surface area contributed by atoms with Crippen molar-refractivity contribution in [1.82, 2.24) is 0 Å². The number of benzene rings is 1. The maximum absolute atomic E-state index is 12.3. The molecule has 28 heavy (non-hydrogen) atoms. The lowest BCUT2D eigenvalue weighted by Gasteiger charge is -2.09. The van der Waals surface area contributed by atoms with Crippen LogP contribution < -0.4 is 5.32 Å². The van der Waals surface area contributed by atoms with Crippen molar-refractivity contribution < 1.29 is 23.9 Å². The minimum Gasteiger partial charge on any atom is -0.466 e.